The Balaban J connectivity index is 4.70. The molecular weight excluding hydrogens is 216 g/mol. The van der Waals surface area contributed by atoms with Gasteiger partial charge in [0.25, 0.3) is 0 Å². The molecule has 0 aromatic heterocycles. The monoisotopic (exact) mass is 244 g/mol. The number of carbonyl (C=O) groups is 1. The van der Waals surface area contributed by atoms with Crippen molar-refractivity contribution in [2.45, 2.75) is 71.5 Å². The van der Waals surface area contributed by atoms with E-state index in [1.807, 2.05) is 0 Å². The van der Waals surface area contributed by atoms with Crippen LogP contribution in [0.4, 0.5) is 0 Å². The van der Waals surface area contributed by atoms with Crippen molar-refractivity contribution in [2.75, 3.05) is 6.61 Å². The molecule has 0 aliphatic carbocycles. The maximum absolute atomic E-state index is 11.0. The molecule has 3 heteroatoms. The Hall–Kier alpha value is -0.153. The van der Waals surface area contributed by atoms with E-state index in [4.69, 9.17) is 4.43 Å². The van der Waals surface area contributed by atoms with Crippen molar-refractivity contribution in [3.05, 3.63) is 0 Å². The molecule has 0 aliphatic rings. The third-order valence-electron chi connectivity index (χ3n) is 3.51. The summed E-state index contributed by atoms with van der Waals surface area (Å²) in [5.41, 5.74) is 1.79. The SMILES string of the molecule is CC(=O)CCO[Si](C(C)C)(C(C)C)C(C)C. The van der Waals surface area contributed by atoms with E-state index in [1.54, 1.807) is 6.92 Å². The molecule has 16 heavy (non-hydrogen) atoms. The van der Waals surface area contributed by atoms with Crippen LogP contribution in [0.5, 0.6) is 0 Å². The minimum atomic E-state index is -1.75. The fraction of sp³-hybridized carbons (Fsp3) is 0.923. The van der Waals surface area contributed by atoms with Crippen molar-refractivity contribution in [2.24, 2.45) is 0 Å². The summed E-state index contributed by atoms with van der Waals surface area (Å²) >= 11 is 0. The second kappa shape index (κ2) is 6.55. The van der Waals surface area contributed by atoms with Crippen LogP contribution in [0.1, 0.15) is 54.9 Å². The second-order valence-electron chi connectivity index (χ2n) is 5.62. The number of hydrogen-bond donors (Lipinski definition) is 0. The molecular formula is C13H28O2Si. The van der Waals surface area contributed by atoms with E-state index in [1.165, 1.54) is 0 Å². The molecule has 0 spiro atoms. The molecule has 0 bridgehead atoms. The fourth-order valence-electron chi connectivity index (χ4n) is 2.87. The maximum Gasteiger partial charge on any atom is 0.200 e. The lowest BCUT2D eigenvalue weighted by atomic mass is 10.3. The summed E-state index contributed by atoms with van der Waals surface area (Å²) in [6, 6.07) is 0. The summed E-state index contributed by atoms with van der Waals surface area (Å²) in [4.78, 5) is 11.0. The molecule has 0 N–H and O–H groups in total. The highest BCUT2D eigenvalue weighted by Gasteiger charge is 2.44. The van der Waals surface area contributed by atoms with Crippen molar-refractivity contribution in [3.63, 3.8) is 0 Å². The lowest BCUT2D eigenvalue weighted by Crippen LogP contribution is -2.48. The zero-order valence-electron chi connectivity index (χ0n) is 12.0. The van der Waals surface area contributed by atoms with Crippen LogP contribution in [0.25, 0.3) is 0 Å². The van der Waals surface area contributed by atoms with Crippen molar-refractivity contribution >= 4 is 14.1 Å². The number of Topliss-reactive ketones (excluding diaryl/α,β-unsaturated/α-hetero) is 1. The van der Waals surface area contributed by atoms with Crippen LogP contribution in [0.3, 0.4) is 0 Å². The molecule has 0 saturated carbocycles. The van der Waals surface area contributed by atoms with E-state index in [9.17, 15) is 4.79 Å². The molecule has 0 aromatic rings. The average molecular weight is 244 g/mol. The molecule has 2 nitrogen and oxygen atoms in total. The molecule has 96 valence electrons. The molecule has 0 aliphatic heterocycles. The Labute approximate surface area is 102 Å². The topological polar surface area (TPSA) is 26.3 Å². The highest BCUT2D eigenvalue weighted by atomic mass is 28.4. The van der Waals surface area contributed by atoms with Crippen LogP contribution in [0.2, 0.25) is 16.6 Å². The second-order valence-corrected chi connectivity index (χ2v) is 11.1. The third kappa shape index (κ3) is 3.70. The van der Waals surface area contributed by atoms with Crippen molar-refractivity contribution in [1.82, 2.24) is 0 Å². The molecule has 0 atom stereocenters. The predicted molar refractivity (Wildman–Crippen MR) is 72.3 cm³/mol. The summed E-state index contributed by atoms with van der Waals surface area (Å²) in [6.07, 6.45) is 0.556. The van der Waals surface area contributed by atoms with Gasteiger partial charge in [-0.25, -0.2) is 0 Å². The standard InChI is InChI=1S/C13H28O2Si/c1-10(2)16(11(3)4,12(5)6)15-9-8-13(7)14/h10-12H,8-9H2,1-7H3. The zero-order chi connectivity index (χ0) is 12.9. The van der Waals surface area contributed by atoms with Gasteiger partial charge in [-0.2, -0.15) is 0 Å². The summed E-state index contributed by atoms with van der Waals surface area (Å²) in [7, 11) is -1.75. The fourth-order valence-corrected chi connectivity index (χ4v) is 8.33. The van der Waals surface area contributed by atoms with Crippen LogP contribution >= 0.6 is 0 Å². The number of ketones is 1. The summed E-state index contributed by atoms with van der Waals surface area (Å²) < 4.78 is 6.24. The Bertz CT molecular complexity index is 200. The minimum absolute atomic E-state index is 0.221. The van der Waals surface area contributed by atoms with Crippen molar-refractivity contribution in [1.29, 1.82) is 0 Å². The van der Waals surface area contributed by atoms with E-state index in [0.717, 1.165) is 0 Å². The lowest BCUT2D eigenvalue weighted by Gasteiger charge is -2.42. The maximum atomic E-state index is 11.0. The Morgan fingerprint density at radius 1 is 1.00 bits per heavy atom. The first-order chi connectivity index (χ1) is 7.25. The van der Waals surface area contributed by atoms with Crippen LogP contribution in [0.15, 0.2) is 0 Å². The van der Waals surface area contributed by atoms with Crippen molar-refractivity contribution < 1.29 is 9.22 Å². The quantitative estimate of drug-likeness (QED) is 0.629. The van der Waals surface area contributed by atoms with E-state index < -0.39 is 8.32 Å². The first-order valence-corrected chi connectivity index (χ1v) is 8.52. The van der Waals surface area contributed by atoms with Crippen LogP contribution in [-0.4, -0.2) is 20.7 Å². The number of hydrogen-bond acceptors (Lipinski definition) is 2. The van der Waals surface area contributed by atoms with Gasteiger partial charge in [0.05, 0.1) is 0 Å². The van der Waals surface area contributed by atoms with Gasteiger partial charge >= 0.3 is 0 Å². The van der Waals surface area contributed by atoms with Crippen LogP contribution < -0.4 is 0 Å². The molecule has 0 radical (unpaired) electrons. The minimum Gasteiger partial charge on any atom is -0.416 e. The van der Waals surface area contributed by atoms with Gasteiger partial charge in [-0.1, -0.05) is 41.5 Å². The van der Waals surface area contributed by atoms with E-state index in [-0.39, 0.29) is 5.78 Å². The molecule has 0 fully saturated rings. The number of rotatable bonds is 7. The van der Waals surface area contributed by atoms with Gasteiger partial charge < -0.3 is 4.43 Å². The van der Waals surface area contributed by atoms with Crippen molar-refractivity contribution in [3.8, 4) is 0 Å². The van der Waals surface area contributed by atoms with Crippen LogP contribution in [0, 0.1) is 0 Å². The Morgan fingerprint density at radius 2 is 1.38 bits per heavy atom. The largest absolute Gasteiger partial charge is 0.416 e. The van der Waals surface area contributed by atoms with Crippen LogP contribution in [-0.2, 0) is 9.22 Å². The van der Waals surface area contributed by atoms with Gasteiger partial charge in [0, 0.05) is 13.0 Å². The van der Waals surface area contributed by atoms with Gasteiger partial charge in [0.15, 0.2) is 8.32 Å². The first kappa shape index (κ1) is 15.8. The normalized spacial score (nSPS) is 12.9. The highest BCUT2D eigenvalue weighted by Crippen LogP contribution is 2.42. The molecule has 0 saturated heterocycles. The van der Waals surface area contributed by atoms with E-state index in [0.29, 0.717) is 29.7 Å². The molecule has 0 aromatic carbocycles. The van der Waals surface area contributed by atoms with Gasteiger partial charge in [0.1, 0.15) is 5.78 Å². The number of carbonyl (C=O) groups excluding carboxylic acids is 1. The van der Waals surface area contributed by atoms with E-state index in [2.05, 4.69) is 41.5 Å². The Kier molecular flexibility index (Phi) is 6.49. The lowest BCUT2D eigenvalue weighted by molar-refractivity contribution is -0.117. The smallest absolute Gasteiger partial charge is 0.200 e. The highest BCUT2D eigenvalue weighted by molar-refractivity contribution is 6.77. The van der Waals surface area contributed by atoms with Gasteiger partial charge in [-0.3, -0.25) is 4.79 Å². The van der Waals surface area contributed by atoms with Gasteiger partial charge in [-0.05, 0) is 23.5 Å². The predicted octanol–water partition coefficient (Wildman–Crippen LogP) is 4.16. The molecule has 0 rings (SSSR count). The summed E-state index contributed by atoms with van der Waals surface area (Å²) in [6.45, 7) is 15.8. The first-order valence-electron chi connectivity index (χ1n) is 6.38. The summed E-state index contributed by atoms with van der Waals surface area (Å²) in [5.74, 6) is 0.221. The Morgan fingerprint density at radius 3 is 1.62 bits per heavy atom. The zero-order valence-corrected chi connectivity index (χ0v) is 13.0. The third-order valence-corrected chi connectivity index (χ3v) is 9.63. The molecule has 0 heterocycles. The molecule has 0 amide bonds. The average Bonchev–Trinajstić information content (AvgIpc) is 2.09. The molecule has 0 unspecified atom stereocenters. The van der Waals surface area contributed by atoms with E-state index >= 15 is 0 Å². The van der Waals surface area contributed by atoms with Gasteiger partial charge in [-0.15, -0.1) is 0 Å². The van der Waals surface area contributed by atoms with Gasteiger partial charge in [0.2, 0.25) is 0 Å². The summed E-state index contributed by atoms with van der Waals surface area (Å²) in [5, 5.41) is 0.